The van der Waals surface area contributed by atoms with Crippen LogP contribution in [0.1, 0.15) is 94.2 Å². The molecule has 1 radical (unpaired) electrons. The van der Waals surface area contributed by atoms with Crippen molar-refractivity contribution in [3.05, 3.63) is 108 Å². The Hall–Kier alpha value is -3.44. The third kappa shape index (κ3) is 8.84. The maximum absolute atomic E-state index is 6.11. The number of furan rings is 1. The van der Waals surface area contributed by atoms with E-state index in [1.54, 1.807) is 16.9 Å². The van der Waals surface area contributed by atoms with Crippen LogP contribution in [0.25, 0.3) is 44.6 Å². The molecule has 0 unspecified atom stereocenters. The molecule has 0 spiro atoms. The predicted molar refractivity (Wildman–Crippen MR) is 215 cm³/mol. The van der Waals surface area contributed by atoms with Crippen molar-refractivity contribution in [2.45, 2.75) is 110 Å². The molecule has 2 aromatic carbocycles. The van der Waals surface area contributed by atoms with Gasteiger partial charge in [0.15, 0.2) is 0 Å². The summed E-state index contributed by atoms with van der Waals surface area (Å²) < 4.78 is 6.11. The van der Waals surface area contributed by atoms with Crippen molar-refractivity contribution < 1.29 is 24.5 Å². The standard InChI is InChI=1S/C25H25N2O.C21H28NSi.Ir/c1-16(2)22-15-27-23(14-18(22)13-17-7-3-4-8-17)21-10-5-9-19-20-11-6-12-26-25(20)28-24(19)21;1-23(2,3)21-16-22-20(18-12-8-5-9-13-18)15-19(21)14-17-10-6-4-7-11-17;/h5-6,9,11-12,14-17H,3-4,7-8,13H2,1-2H3;5,8-9,12,15-17H,4,6-7,10-11,14H2,1-3H3;/q2*-1;. The zero-order valence-corrected chi connectivity index (χ0v) is 35.0. The van der Waals surface area contributed by atoms with Crippen molar-refractivity contribution in [2.75, 3.05) is 0 Å². The van der Waals surface area contributed by atoms with E-state index >= 15 is 0 Å². The topological polar surface area (TPSA) is 51.8 Å². The van der Waals surface area contributed by atoms with Crippen LogP contribution in [0.15, 0.2) is 83.7 Å². The van der Waals surface area contributed by atoms with Crippen LogP contribution < -0.4 is 5.19 Å². The van der Waals surface area contributed by atoms with Crippen LogP contribution in [0.4, 0.5) is 0 Å². The number of benzene rings is 2. The van der Waals surface area contributed by atoms with E-state index in [0.29, 0.717) is 11.6 Å². The van der Waals surface area contributed by atoms with E-state index in [1.165, 1.54) is 75.3 Å². The largest absolute Gasteiger partial charge is 0.486 e. The summed E-state index contributed by atoms with van der Waals surface area (Å²) in [6.45, 7) is 11.8. The zero-order valence-electron chi connectivity index (χ0n) is 31.6. The van der Waals surface area contributed by atoms with Crippen molar-refractivity contribution in [3.8, 4) is 22.5 Å². The Bertz CT molecular complexity index is 2070. The van der Waals surface area contributed by atoms with Crippen LogP contribution in [-0.4, -0.2) is 23.0 Å². The number of aromatic nitrogens is 3. The summed E-state index contributed by atoms with van der Waals surface area (Å²) >= 11 is 0. The van der Waals surface area contributed by atoms with Crippen molar-refractivity contribution >= 4 is 35.3 Å². The van der Waals surface area contributed by atoms with Gasteiger partial charge in [-0.1, -0.05) is 120 Å². The van der Waals surface area contributed by atoms with Gasteiger partial charge in [-0.2, -0.15) is 0 Å². The second-order valence-corrected chi connectivity index (χ2v) is 21.3. The van der Waals surface area contributed by atoms with Gasteiger partial charge in [-0.3, -0.25) is 0 Å². The molecule has 0 amide bonds. The first-order chi connectivity index (χ1) is 24.7. The molecule has 0 saturated heterocycles. The van der Waals surface area contributed by atoms with Crippen molar-refractivity contribution in [1.82, 2.24) is 15.0 Å². The Kier molecular flexibility index (Phi) is 12.6. The second kappa shape index (κ2) is 17.1. The molecule has 273 valence electrons. The molecule has 4 aromatic heterocycles. The van der Waals surface area contributed by atoms with Crippen LogP contribution in [0, 0.1) is 24.0 Å². The Morgan fingerprint density at radius 3 is 2.12 bits per heavy atom. The van der Waals surface area contributed by atoms with Crippen molar-refractivity contribution in [3.63, 3.8) is 0 Å². The summed E-state index contributed by atoms with van der Waals surface area (Å²) in [5.74, 6) is 2.16. The summed E-state index contributed by atoms with van der Waals surface area (Å²) in [4.78, 5) is 14.0. The van der Waals surface area contributed by atoms with Gasteiger partial charge in [0.1, 0.15) is 0 Å². The molecular weight excluding hydrogens is 831 g/mol. The van der Waals surface area contributed by atoms with Gasteiger partial charge in [-0.25, -0.2) is 4.98 Å². The molecule has 0 N–H and O–H groups in total. The summed E-state index contributed by atoms with van der Waals surface area (Å²) in [6.07, 6.45) is 20.9. The third-order valence-electron chi connectivity index (χ3n) is 11.1. The van der Waals surface area contributed by atoms with Gasteiger partial charge in [0, 0.05) is 44.1 Å². The second-order valence-electron chi connectivity index (χ2n) is 16.3. The fourth-order valence-electron chi connectivity index (χ4n) is 8.38. The monoisotopic (exact) mass is 884 g/mol. The predicted octanol–water partition coefficient (Wildman–Crippen LogP) is 11.9. The molecule has 2 fully saturated rings. The fraction of sp³-hybridized carbons (Fsp3) is 0.413. The van der Waals surface area contributed by atoms with Crippen LogP contribution in [-0.2, 0) is 32.9 Å². The SMILES string of the molecule is CC(C)c1cnc(-c2[c-]ccc3c2oc2ncccc23)cc1CC1CCCC1.C[Si](C)(C)c1cnc(-c2[c-]cccc2)cc1CC1CCCCC1.[Ir]. The minimum absolute atomic E-state index is 0. The first-order valence-electron chi connectivity index (χ1n) is 19.4. The molecular formula is C46H53IrN3OSi-2. The van der Waals surface area contributed by atoms with Gasteiger partial charge < -0.3 is 14.4 Å². The molecule has 0 atom stereocenters. The first kappa shape index (κ1) is 38.3. The van der Waals surface area contributed by atoms with E-state index in [4.69, 9.17) is 14.4 Å². The number of rotatable bonds is 8. The zero-order chi connectivity index (χ0) is 35.4. The van der Waals surface area contributed by atoms with Gasteiger partial charge in [-0.15, -0.1) is 54.1 Å². The summed E-state index contributed by atoms with van der Waals surface area (Å²) in [5.41, 5.74) is 9.92. The summed E-state index contributed by atoms with van der Waals surface area (Å²) in [6, 6.07) is 27.5. The molecule has 4 nitrogen and oxygen atoms in total. The number of nitrogens with zero attached hydrogens (tertiary/aromatic N) is 3. The van der Waals surface area contributed by atoms with E-state index < -0.39 is 8.07 Å². The molecule has 0 aliphatic heterocycles. The van der Waals surface area contributed by atoms with E-state index in [0.717, 1.165) is 57.1 Å². The number of fused-ring (bicyclic) bond motifs is 3. The molecule has 52 heavy (non-hydrogen) atoms. The molecule has 6 aromatic rings. The molecule has 2 aliphatic rings. The molecule has 2 saturated carbocycles. The first-order valence-corrected chi connectivity index (χ1v) is 22.9. The van der Waals surface area contributed by atoms with Crippen molar-refractivity contribution in [1.29, 1.82) is 0 Å². The van der Waals surface area contributed by atoms with Gasteiger partial charge in [0.25, 0.3) is 0 Å². The van der Waals surface area contributed by atoms with Gasteiger partial charge in [-0.05, 0) is 70.4 Å². The number of hydrogen-bond donors (Lipinski definition) is 0. The molecule has 6 heteroatoms. The fourth-order valence-corrected chi connectivity index (χ4v) is 9.97. The van der Waals surface area contributed by atoms with Crippen LogP contribution in [0.3, 0.4) is 0 Å². The third-order valence-corrected chi connectivity index (χ3v) is 13.2. The van der Waals surface area contributed by atoms with E-state index in [2.05, 4.69) is 93.3 Å². The van der Waals surface area contributed by atoms with Gasteiger partial charge in [0.2, 0.25) is 5.71 Å². The Labute approximate surface area is 325 Å². The Balaban J connectivity index is 0.000000179. The molecule has 2 aliphatic carbocycles. The van der Waals surface area contributed by atoms with E-state index in [9.17, 15) is 0 Å². The minimum atomic E-state index is -1.36. The van der Waals surface area contributed by atoms with Crippen LogP contribution in [0.2, 0.25) is 19.6 Å². The summed E-state index contributed by atoms with van der Waals surface area (Å²) in [5, 5.41) is 3.66. The average Bonchev–Trinajstić information content (AvgIpc) is 3.80. The van der Waals surface area contributed by atoms with Crippen LogP contribution in [0.5, 0.6) is 0 Å². The molecule has 0 bridgehead atoms. The quantitative estimate of drug-likeness (QED) is 0.113. The Morgan fingerprint density at radius 2 is 1.42 bits per heavy atom. The maximum Gasteiger partial charge on any atom is 0.216 e. The Morgan fingerprint density at radius 1 is 0.731 bits per heavy atom. The summed E-state index contributed by atoms with van der Waals surface area (Å²) in [7, 11) is -1.36. The van der Waals surface area contributed by atoms with E-state index in [-0.39, 0.29) is 20.1 Å². The number of hydrogen-bond acceptors (Lipinski definition) is 4. The maximum atomic E-state index is 6.11. The van der Waals surface area contributed by atoms with E-state index in [1.807, 2.05) is 30.3 Å². The smallest absolute Gasteiger partial charge is 0.216 e. The van der Waals surface area contributed by atoms with Crippen molar-refractivity contribution in [2.24, 2.45) is 11.8 Å². The molecule has 8 rings (SSSR count). The van der Waals surface area contributed by atoms with Gasteiger partial charge >= 0.3 is 0 Å². The normalized spacial score (nSPS) is 15.5. The van der Waals surface area contributed by atoms with Gasteiger partial charge in [0.05, 0.1) is 13.7 Å². The van der Waals surface area contributed by atoms with Crippen LogP contribution >= 0.6 is 0 Å². The molecule has 4 heterocycles. The number of pyridine rings is 3. The minimum Gasteiger partial charge on any atom is -0.486 e. The average molecular weight is 884 g/mol.